The Balaban J connectivity index is 2.52. The molecule has 0 aliphatic rings. The number of carbonyl (C=O) groups is 1. The Morgan fingerprint density at radius 2 is 1.59 bits per heavy atom. The summed E-state index contributed by atoms with van der Waals surface area (Å²) < 4.78 is 0. The lowest BCUT2D eigenvalue weighted by Crippen LogP contribution is -2.05. The number of aryl methyl sites for hydroxylation is 1. The van der Waals surface area contributed by atoms with Gasteiger partial charge in [0.15, 0.2) is 5.78 Å². The lowest BCUT2D eigenvalue weighted by molar-refractivity contribution is 0.103. The van der Waals surface area contributed by atoms with Crippen LogP contribution in [0.5, 0.6) is 5.75 Å². The van der Waals surface area contributed by atoms with Gasteiger partial charge in [0.2, 0.25) is 0 Å². The molecule has 0 atom stereocenters. The molecule has 0 bridgehead atoms. The third-order valence-electron chi connectivity index (χ3n) is 2.94. The third-order valence-corrected chi connectivity index (χ3v) is 2.94. The van der Waals surface area contributed by atoms with E-state index >= 15 is 0 Å². The van der Waals surface area contributed by atoms with Gasteiger partial charge in [-0.1, -0.05) is 36.4 Å². The zero-order chi connectivity index (χ0) is 12.4. The highest BCUT2D eigenvalue weighted by molar-refractivity contribution is 6.11. The molecule has 2 aromatic carbocycles. The van der Waals surface area contributed by atoms with Crippen molar-refractivity contribution in [3.63, 3.8) is 0 Å². The first kappa shape index (κ1) is 11.4. The summed E-state index contributed by atoms with van der Waals surface area (Å²) in [6, 6.07) is 12.5. The van der Waals surface area contributed by atoms with E-state index in [1.165, 1.54) is 0 Å². The normalized spacial score (nSPS) is 10.2. The number of aromatic hydroxyl groups is 1. The number of phenolic OH excluding ortho intramolecular Hbond substituents is 1. The molecule has 0 unspecified atom stereocenters. The average Bonchev–Trinajstić information content (AvgIpc) is 2.32. The van der Waals surface area contributed by atoms with E-state index in [4.69, 9.17) is 0 Å². The number of benzene rings is 2. The molecule has 0 saturated carbocycles. The molecule has 0 spiro atoms. The zero-order valence-electron chi connectivity index (χ0n) is 9.90. The summed E-state index contributed by atoms with van der Waals surface area (Å²) in [5, 5.41) is 9.61. The molecule has 0 aliphatic heterocycles. The molecule has 1 N–H and O–H groups in total. The first-order valence-electron chi connectivity index (χ1n) is 5.50. The minimum absolute atomic E-state index is 0.0449. The van der Waals surface area contributed by atoms with Crippen LogP contribution in [0.1, 0.15) is 27.0 Å². The molecule has 17 heavy (non-hydrogen) atoms. The highest BCUT2D eigenvalue weighted by Crippen LogP contribution is 2.23. The lowest BCUT2D eigenvalue weighted by atomic mass is 9.96. The SMILES string of the molecule is Cc1ccccc1C(=O)c1cccc(O)c1C. The van der Waals surface area contributed by atoms with Crippen LogP contribution in [-0.2, 0) is 0 Å². The summed E-state index contributed by atoms with van der Waals surface area (Å²) >= 11 is 0. The van der Waals surface area contributed by atoms with Gasteiger partial charge < -0.3 is 5.11 Å². The summed E-state index contributed by atoms with van der Waals surface area (Å²) in [5.74, 6) is 0.112. The zero-order valence-corrected chi connectivity index (χ0v) is 9.90. The smallest absolute Gasteiger partial charge is 0.193 e. The Hall–Kier alpha value is -2.09. The predicted octanol–water partition coefficient (Wildman–Crippen LogP) is 3.24. The number of ketones is 1. The Kier molecular flexibility index (Phi) is 2.96. The van der Waals surface area contributed by atoms with Crippen LogP contribution in [0, 0.1) is 13.8 Å². The van der Waals surface area contributed by atoms with E-state index < -0.39 is 0 Å². The van der Waals surface area contributed by atoms with Crippen molar-refractivity contribution in [2.75, 3.05) is 0 Å². The van der Waals surface area contributed by atoms with Crippen LogP contribution in [0.15, 0.2) is 42.5 Å². The molecule has 2 rings (SSSR count). The van der Waals surface area contributed by atoms with Gasteiger partial charge in [-0.25, -0.2) is 0 Å². The minimum atomic E-state index is -0.0449. The summed E-state index contributed by atoms with van der Waals surface area (Å²) in [4.78, 5) is 12.3. The van der Waals surface area contributed by atoms with Crippen LogP contribution < -0.4 is 0 Å². The molecular formula is C15H14O2. The fourth-order valence-corrected chi connectivity index (χ4v) is 1.84. The summed E-state index contributed by atoms with van der Waals surface area (Å²) in [6.07, 6.45) is 0. The van der Waals surface area contributed by atoms with Crippen LogP contribution >= 0.6 is 0 Å². The van der Waals surface area contributed by atoms with Gasteiger partial charge in [-0.3, -0.25) is 4.79 Å². The van der Waals surface area contributed by atoms with Crippen LogP contribution in [0.4, 0.5) is 0 Å². The van der Waals surface area contributed by atoms with Crippen molar-refractivity contribution >= 4 is 5.78 Å². The first-order valence-corrected chi connectivity index (χ1v) is 5.50. The molecule has 2 aromatic rings. The Morgan fingerprint density at radius 3 is 2.29 bits per heavy atom. The molecule has 2 heteroatoms. The molecule has 0 fully saturated rings. The minimum Gasteiger partial charge on any atom is -0.508 e. The molecule has 2 nitrogen and oxygen atoms in total. The maximum Gasteiger partial charge on any atom is 0.193 e. The monoisotopic (exact) mass is 226 g/mol. The first-order chi connectivity index (χ1) is 8.11. The average molecular weight is 226 g/mol. The summed E-state index contributed by atoms with van der Waals surface area (Å²) in [5.41, 5.74) is 2.81. The van der Waals surface area contributed by atoms with E-state index in [0.717, 1.165) is 5.56 Å². The van der Waals surface area contributed by atoms with Gasteiger partial charge >= 0.3 is 0 Å². The summed E-state index contributed by atoms with van der Waals surface area (Å²) in [6.45, 7) is 3.66. The van der Waals surface area contributed by atoms with Crippen molar-refractivity contribution in [1.82, 2.24) is 0 Å². The van der Waals surface area contributed by atoms with E-state index in [1.807, 2.05) is 25.1 Å². The Labute approximate surface area is 101 Å². The second-order valence-electron chi connectivity index (χ2n) is 4.09. The molecular weight excluding hydrogens is 212 g/mol. The van der Waals surface area contributed by atoms with E-state index in [2.05, 4.69) is 0 Å². The number of phenols is 1. The van der Waals surface area contributed by atoms with Crippen LogP contribution in [0.25, 0.3) is 0 Å². The van der Waals surface area contributed by atoms with E-state index in [9.17, 15) is 9.90 Å². The standard InChI is InChI=1S/C15H14O2/c1-10-6-3-4-7-12(10)15(17)13-8-5-9-14(16)11(13)2/h3-9,16H,1-2H3. The van der Waals surface area contributed by atoms with Gasteiger partial charge in [0.25, 0.3) is 0 Å². The van der Waals surface area contributed by atoms with Gasteiger partial charge in [-0.2, -0.15) is 0 Å². The lowest BCUT2D eigenvalue weighted by Gasteiger charge is -2.08. The number of hydrogen-bond donors (Lipinski definition) is 1. The predicted molar refractivity (Wildman–Crippen MR) is 67.5 cm³/mol. The maximum absolute atomic E-state index is 12.3. The van der Waals surface area contributed by atoms with Crippen LogP contribution in [0.2, 0.25) is 0 Å². The fraction of sp³-hybridized carbons (Fsp3) is 0.133. The van der Waals surface area contributed by atoms with E-state index in [0.29, 0.717) is 16.7 Å². The molecule has 0 aromatic heterocycles. The van der Waals surface area contributed by atoms with E-state index in [1.54, 1.807) is 31.2 Å². The van der Waals surface area contributed by atoms with E-state index in [-0.39, 0.29) is 11.5 Å². The second kappa shape index (κ2) is 4.42. The number of rotatable bonds is 2. The molecule has 0 aliphatic carbocycles. The molecule has 0 saturated heterocycles. The van der Waals surface area contributed by atoms with Crippen molar-refractivity contribution in [1.29, 1.82) is 0 Å². The van der Waals surface area contributed by atoms with Gasteiger partial charge in [0.1, 0.15) is 5.75 Å². The van der Waals surface area contributed by atoms with Gasteiger partial charge in [-0.05, 0) is 25.5 Å². The van der Waals surface area contributed by atoms with Gasteiger partial charge in [0, 0.05) is 16.7 Å². The van der Waals surface area contributed by atoms with Crippen LogP contribution in [-0.4, -0.2) is 10.9 Å². The van der Waals surface area contributed by atoms with Crippen molar-refractivity contribution < 1.29 is 9.90 Å². The number of hydrogen-bond acceptors (Lipinski definition) is 2. The van der Waals surface area contributed by atoms with Gasteiger partial charge in [0.05, 0.1) is 0 Å². The third kappa shape index (κ3) is 2.07. The fourth-order valence-electron chi connectivity index (χ4n) is 1.84. The highest BCUT2D eigenvalue weighted by atomic mass is 16.3. The van der Waals surface area contributed by atoms with Crippen molar-refractivity contribution in [2.24, 2.45) is 0 Å². The molecule has 0 heterocycles. The number of carbonyl (C=O) groups excluding carboxylic acids is 1. The molecule has 0 amide bonds. The van der Waals surface area contributed by atoms with Crippen LogP contribution in [0.3, 0.4) is 0 Å². The highest BCUT2D eigenvalue weighted by Gasteiger charge is 2.14. The largest absolute Gasteiger partial charge is 0.508 e. The Bertz CT molecular complexity index is 571. The van der Waals surface area contributed by atoms with Crippen molar-refractivity contribution in [3.05, 3.63) is 64.7 Å². The van der Waals surface area contributed by atoms with Crippen molar-refractivity contribution in [3.8, 4) is 5.75 Å². The molecule has 86 valence electrons. The quantitative estimate of drug-likeness (QED) is 0.798. The maximum atomic E-state index is 12.3. The van der Waals surface area contributed by atoms with Crippen molar-refractivity contribution in [2.45, 2.75) is 13.8 Å². The molecule has 0 radical (unpaired) electrons. The topological polar surface area (TPSA) is 37.3 Å². The Morgan fingerprint density at radius 1 is 0.941 bits per heavy atom. The summed E-state index contributed by atoms with van der Waals surface area (Å²) in [7, 11) is 0. The second-order valence-corrected chi connectivity index (χ2v) is 4.09. The van der Waals surface area contributed by atoms with Gasteiger partial charge in [-0.15, -0.1) is 0 Å².